The van der Waals surface area contributed by atoms with E-state index in [9.17, 15) is 0 Å². The van der Waals surface area contributed by atoms with Crippen LogP contribution in [0.1, 0.15) is 5.82 Å². The molecule has 2 nitrogen and oxygen atoms in total. The number of imidazole rings is 1. The van der Waals surface area contributed by atoms with Crippen LogP contribution in [0.3, 0.4) is 0 Å². The van der Waals surface area contributed by atoms with Crippen LogP contribution in [0.5, 0.6) is 0 Å². The van der Waals surface area contributed by atoms with Gasteiger partial charge in [0.1, 0.15) is 11.3 Å². The molecule has 0 fully saturated rings. The fraction of sp³-hybridized carbons (Fsp3) is 0.133. The highest BCUT2D eigenvalue weighted by Crippen LogP contribution is 2.30. The standard InChI is InChI=1S/C15H10Cl3IN2/c16-7-6-14-20-15-10(18)2-1-3-13(15)21(14)12-5-4-9(17)8-11(12)19/h1-5,8H,6-7H2. The Hall–Kier alpha value is -0.490. The van der Waals surface area contributed by atoms with Crippen LogP contribution in [0.25, 0.3) is 16.7 Å². The normalized spacial score (nSPS) is 11.2. The summed E-state index contributed by atoms with van der Waals surface area (Å²) < 4.78 is 3.15. The van der Waals surface area contributed by atoms with Gasteiger partial charge in [-0.1, -0.05) is 29.3 Å². The SMILES string of the molecule is ClCCc1nc2c(Cl)cccc2n1-c1ccc(Cl)cc1I. The van der Waals surface area contributed by atoms with Crippen molar-refractivity contribution in [2.75, 3.05) is 5.88 Å². The van der Waals surface area contributed by atoms with Gasteiger partial charge in [0.15, 0.2) is 0 Å². The van der Waals surface area contributed by atoms with Gasteiger partial charge in [0.2, 0.25) is 0 Å². The molecule has 0 saturated carbocycles. The first kappa shape index (κ1) is 15.4. The average molecular weight is 452 g/mol. The largest absolute Gasteiger partial charge is 0.295 e. The van der Waals surface area contributed by atoms with Gasteiger partial charge in [-0.05, 0) is 52.9 Å². The molecule has 0 atom stereocenters. The molecule has 0 unspecified atom stereocenters. The second-order valence-electron chi connectivity index (χ2n) is 4.51. The van der Waals surface area contributed by atoms with E-state index in [1.54, 1.807) is 0 Å². The summed E-state index contributed by atoms with van der Waals surface area (Å²) in [6, 6.07) is 11.6. The van der Waals surface area contributed by atoms with Crippen molar-refractivity contribution in [3.05, 3.63) is 55.8 Å². The average Bonchev–Trinajstić information content (AvgIpc) is 2.79. The van der Waals surface area contributed by atoms with E-state index in [1.807, 2.05) is 36.4 Å². The maximum Gasteiger partial charge on any atom is 0.115 e. The van der Waals surface area contributed by atoms with Crippen molar-refractivity contribution in [2.45, 2.75) is 6.42 Å². The van der Waals surface area contributed by atoms with Crippen molar-refractivity contribution in [1.82, 2.24) is 9.55 Å². The van der Waals surface area contributed by atoms with E-state index < -0.39 is 0 Å². The lowest BCUT2D eigenvalue weighted by molar-refractivity contribution is 0.909. The lowest BCUT2D eigenvalue weighted by Gasteiger charge is -2.11. The third kappa shape index (κ3) is 2.89. The van der Waals surface area contributed by atoms with Gasteiger partial charge in [0, 0.05) is 20.9 Å². The molecule has 0 radical (unpaired) electrons. The maximum absolute atomic E-state index is 6.26. The van der Waals surface area contributed by atoms with Gasteiger partial charge in [-0.15, -0.1) is 11.6 Å². The molecule has 6 heteroatoms. The highest BCUT2D eigenvalue weighted by Gasteiger charge is 2.15. The number of fused-ring (bicyclic) bond motifs is 1. The minimum atomic E-state index is 0.505. The van der Waals surface area contributed by atoms with Gasteiger partial charge in [0.25, 0.3) is 0 Å². The number of hydrogen-bond acceptors (Lipinski definition) is 1. The van der Waals surface area contributed by atoms with Gasteiger partial charge >= 0.3 is 0 Å². The fourth-order valence-corrected chi connectivity index (χ4v) is 3.79. The second kappa shape index (κ2) is 6.32. The minimum Gasteiger partial charge on any atom is -0.295 e. The zero-order chi connectivity index (χ0) is 15.0. The molecule has 0 N–H and O–H groups in total. The molecule has 21 heavy (non-hydrogen) atoms. The summed E-state index contributed by atoms with van der Waals surface area (Å²) in [4.78, 5) is 4.65. The van der Waals surface area contributed by atoms with Crippen LogP contribution in [0.2, 0.25) is 10.0 Å². The molecule has 3 rings (SSSR count). The summed E-state index contributed by atoms with van der Waals surface area (Å²) in [6.07, 6.45) is 0.672. The van der Waals surface area contributed by atoms with E-state index in [4.69, 9.17) is 34.8 Å². The third-order valence-corrected chi connectivity index (χ3v) is 4.77. The lowest BCUT2D eigenvalue weighted by atomic mass is 10.2. The number of benzene rings is 2. The number of hydrogen-bond donors (Lipinski definition) is 0. The van der Waals surface area contributed by atoms with Crippen LogP contribution >= 0.6 is 57.4 Å². The Morgan fingerprint density at radius 3 is 2.67 bits per heavy atom. The predicted molar refractivity (Wildman–Crippen MR) is 98.2 cm³/mol. The summed E-state index contributed by atoms with van der Waals surface area (Å²) in [7, 11) is 0. The van der Waals surface area contributed by atoms with E-state index in [1.165, 1.54) is 0 Å². The van der Waals surface area contributed by atoms with E-state index in [-0.39, 0.29) is 0 Å². The number of aromatic nitrogens is 2. The Bertz CT molecular complexity index is 814. The number of para-hydroxylation sites is 1. The molecule has 0 amide bonds. The number of halogens is 4. The van der Waals surface area contributed by atoms with Crippen molar-refractivity contribution in [2.24, 2.45) is 0 Å². The first-order valence-electron chi connectivity index (χ1n) is 6.29. The summed E-state index contributed by atoms with van der Waals surface area (Å²) in [5.74, 6) is 1.40. The van der Waals surface area contributed by atoms with E-state index >= 15 is 0 Å². The molecule has 0 aliphatic carbocycles. The molecule has 0 aliphatic heterocycles. The molecular formula is C15H10Cl3IN2. The van der Waals surface area contributed by atoms with E-state index in [0.717, 1.165) is 26.1 Å². The Kier molecular flexibility index (Phi) is 4.64. The molecular weight excluding hydrogens is 441 g/mol. The molecule has 108 valence electrons. The van der Waals surface area contributed by atoms with Crippen LogP contribution in [-0.4, -0.2) is 15.4 Å². The van der Waals surface area contributed by atoms with Gasteiger partial charge in [-0.25, -0.2) is 4.98 Å². The van der Waals surface area contributed by atoms with Gasteiger partial charge in [-0.2, -0.15) is 0 Å². The molecule has 0 aliphatic rings. The topological polar surface area (TPSA) is 17.8 Å². The highest BCUT2D eigenvalue weighted by atomic mass is 127. The molecule has 1 heterocycles. The number of nitrogens with zero attached hydrogens (tertiary/aromatic N) is 2. The molecule has 0 spiro atoms. The summed E-state index contributed by atoms with van der Waals surface area (Å²) in [5.41, 5.74) is 2.80. The van der Waals surface area contributed by atoms with Gasteiger partial charge in [0.05, 0.1) is 16.2 Å². The smallest absolute Gasteiger partial charge is 0.115 e. The Morgan fingerprint density at radius 1 is 1.14 bits per heavy atom. The summed E-state index contributed by atoms with van der Waals surface area (Å²) >= 11 is 20.5. The van der Waals surface area contributed by atoms with Crippen molar-refractivity contribution in [3.63, 3.8) is 0 Å². The predicted octanol–water partition coefficient (Wildman–Crippen LogP) is 5.72. The summed E-state index contributed by atoms with van der Waals surface area (Å²) in [6.45, 7) is 0. The molecule has 0 saturated heterocycles. The van der Waals surface area contributed by atoms with E-state index in [0.29, 0.717) is 22.3 Å². The molecule has 1 aromatic heterocycles. The van der Waals surface area contributed by atoms with Crippen molar-refractivity contribution in [3.8, 4) is 5.69 Å². The fourth-order valence-electron chi connectivity index (χ4n) is 2.30. The first-order valence-corrected chi connectivity index (χ1v) is 8.66. The monoisotopic (exact) mass is 450 g/mol. The van der Waals surface area contributed by atoms with Gasteiger partial charge in [-0.3, -0.25) is 4.57 Å². The van der Waals surface area contributed by atoms with Crippen molar-refractivity contribution < 1.29 is 0 Å². The third-order valence-electron chi connectivity index (χ3n) is 3.17. The van der Waals surface area contributed by atoms with Gasteiger partial charge < -0.3 is 0 Å². The number of aryl methyl sites for hydroxylation is 1. The van der Waals surface area contributed by atoms with Crippen LogP contribution in [0.15, 0.2) is 36.4 Å². The Labute approximate surface area is 151 Å². The zero-order valence-electron chi connectivity index (χ0n) is 10.8. The van der Waals surface area contributed by atoms with Crippen molar-refractivity contribution >= 4 is 68.4 Å². The first-order chi connectivity index (χ1) is 10.1. The number of alkyl halides is 1. The molecule has 2 aromatic carbocycles. The second-order valence-corrected chi connectivity index (χ2v) is 6.89. The maximum atomic E-state index is 6.26. The summed E-state index contributed by atoms with van der Waals surface area (Å²) in [5, 5.41) is 1.36. The van der Waals surface area contributed by atoms with Crippen molar-refractivity contribution in [1.29, 1.82) is 0 Å². The lowest BCUT2D eigenvalue weighted by Crippen LogP contribution is -2.04. The zero-order valence-corrected chi connectivity index (χ0v) is 15.2. The van der Waals surface area contributed by atoms with Crippen LogP contribution in [0, 0.1) is 3.57 Å². The number of rotatable bonds is 3. The molecule has 0 bridgehead atoms. The molecule has 3 aromatic rings. The van der Waals surface area contributed by atoms with Crippen LogP contribution < -0.4 is 0 Å². The quantitative estimate of drug-likeness (QED) is 0.368. The highest BCUT2D eigenvalue weighted by molar-refractivity contribution is 14.1. The Morgan fingerprint density at radius 2 is 1.95 bits per heavy atom. The van der Waals surface area contributed by atoms with Crippen LogP contribution in [0.4, 0.5) is 0 Å². The van der Waals surface area contributed by atoms with E-state index in [2.05, 4.69) is 32.1 Å². The van der Waals surface area contributed by atoms with Crippen LogP contribution in [-0.2, 0) is 6.42 Å². The minimum absolute atomic E-state index is 0.505. The Balaban J connectivity index is 2.33.